The van der Waals surface area contributed by atoms with E-state index in [1.165, 1.54) is 33.7 Å². The SMILES string of the molecule is Cl.Cl.N[C@H]1CCN([C@H](c2ccc3nnc(-c4ccc5cc(F)cc(OCCO)c5n4)n3c2)C(F)(F)F)C1. The van der Waals surface area contributed by atoms with E-state index in [4.69, 9.17) is 15.6 Å². The van der Waals surface area contributed by atoms with Gasteiger partial charge in [0.25, 0.3) is 0 Å². The quantitative estimate of drug-likeness (QED) is 0.343. The molecule has 3 aromatic heterocycles. The Hall–Kier alpha value is -2.77. The molecule has 8 nitrogen and oxygen atoms in total. The lowest BCUT2D eigenvalue weighted by Crippen LogP contribution is -2.38. The number of pyridine rings is 2. The highest BCUT2D eigenvalue weighted by Crippen LogP contribution is 2.39. The van der Waals surface area contributed by atoms with Crippen molar-refractivity contribution in [2.75, 3.05) is 26.3 Å². The summed E-state index contributed by atoms with van der Waals surface area (Å²) in [5, 5.41) is 17.7. The molecule has 1 aliphatic heterocycles. The molecule has 1 aliphatic rings. The van der Waals surface area contributed by atoms with E-state index in [9.17, 15) is 17.6 Å². The van der Waals surface area contributed by atoms with E-state index in [0.29, 0.717) is 28.7 Å². The van der Waals surface area contributed by atoms with Gasteiger partial charge in [-0.15, -0.1) is 35.0 Å². The van der Waals surface area contributed by atoms with Crippen LogP contribution in [0.25, 0.3) is 28.1 Å². The molecule has 14 heteroatoms. The lowest BCUT2D eigenvalue weighted by Gasteiger charge is -2.30. The predicted octanol–water partition coefficient (Wildman–Crippen LogP) is 3.93. The van der Waals surface area contributed by atoms with Crippen LogP contribution in [0.4, 0.5) is 17.6 Å². The van der Waals surface area contributed by atoms with E-state index in [-0.39, 0.29) is 74.3 Å². The molecule has 4 aromatic rings. The number of halogens is 6. The topological polar surface area (TPSA) is 102 Å². The number of alkyl halides is 3. The van der Waals surface area contributed by atoms with Gasteiger partial charge in [0.05, 0.1) is 6.61 Å². The number of aromatic nitrogens is 4. The molecule has 2 atom stereocenters. The molecular weight excluding hydrogens is 539 g/mol. The number of ether oxygens (including phenoxy) is 1. The maximum absolute atomic E-state index is 14.1. The minimum atomic E-state index is -4.50. The number of hydrogen-bond donors (Lipinski definition) is 2. The number of likely N-dealkylation sites (tertiary alicyclic amines) is 1. The van der Waals surface area contributed by atoms with Gasteiger partial charge < -0.3 is 15.6 Å². The first-order valence-electron chi connectivity index (χ1n) is 11.0. The minimum absolute atomic E-state index is 0. The molecule has 4 heterocycles. The molecule has 200 valence electrons. The molecular formula is C23H24Cl2F4N6O2. The molecule has 0 aliphatic carbocycles. The van der Waals surface area contributed by atoms with Crippen LogP contribution in [0.3, 0.4) is 0 Å². The van der Waals surface area contributed by atoms with Gasteiger partial charge in [0.15, 0.2) is 11.5 Å². The fourth-order valence-electron chi connectivity index (χ4n) is 4.46. The van der Waals surface area contributed by atoms with Gasteiger partial charge in [-0.05, 0) is 30.2 Å². The number of hydrogen-bond acceptors (Lipinski definition) is 7. The summed E-state index contributed by atoms with van der Waals surface area (Å²) in [5.74, 6) is -0.175. The summed E-state index contributed by atoms with van der Waals surface area (Å²) in [4.78, 5) is 5.86. The Bertz CT molecular complexity index is 1390. The number of aliphatic hydroxyl groups is 1. The maximum atomic E-state index is 14.1. The molecule has 0 amide bonds. The molecule has 0 bridgehead atoms. The highest BCUT2D eigenvalue weighted by Gasteiger charge is 2.46. The third-order valence-electron chi connectivity index (χ3n) is 5.97. The van der Waals surface area contributed by atoms with Crippen molar-refractivity contribution in [3.63, 3.8) is 0 Å². The van der Waals surface area contributed by atoms with E-state index in [2.05, 4.69) is 15.2 Å². The third kappa shape index (κ3) is 5.73. The van der Waals surface area contributed by atoms with Crippen molar-refractivity contribution in [3.8, 4) is 17.3 Å². The molecule has 5 rings (SSSR count). The van der Waals surface area contributed by atoms with Crippen molar-refractivity contribution < 1.29 is 27.4 Å². The van der Waals surface area contributed by atoms with Crippen LogP contribution in [-0.2, 0) is 0 Å². The van der Waals surface area contributed by atoms with Gasteiger partial charge in [-0.2, -0.15) is 13.2 Å². The first kappa shape index (κ1) is 28.8. The zero-order valence-electron chi connectivity index (χ0n) is 19.2. The predicted molar refractivity (Wildman–Crippen MR) is 134 cm³/mol. The van der Waals surface area contributed by atoms with Gasteiger partial charge in [0, 0.05) is 36.8 Å². The summed E-state index contributed by atoms with van der Waals surface area (Å²) in [6.07, 6.45) is -2.64. The maximum Gasteiger partial charge on any atom is 0.408 e. The Morgan fingerprint density at radius 3 is 2.59 bits per heavy atom. The van der Waals surface area contributed by atoms with Crippen molar-refractivity contribution in [2.24, 2.45) is 5.73 Å². The first-order valence-corrected chi connectivity index (χ1v) is 11.0. The van der Waals surface area contributed by atoms with E-state index in [1.807, 2.05) is 0 Å². The van der Waals surface area contributed by atoms with Crippen LogP contribution in [0.15, 0.2) is 42.6 Å². The normalized spacial score (nSPS) is 17.0. The minimum Gasteiger partial charge on any atom is -0.489 e. The number of nitrogens with zero attached hydrogens (tertiary/aromatic N) is 5. The lowest BCUT2D eigenvalue weighted by atomic mass is 10.1. The van der Waals surface area contributed by atoms with E-state index in [1.54, 1.807) is 12.1 Å². The van der Waals surface area contributed by atoms with Gasteiger partial charge >= 0.3 is 6.18 Å². The van der Waals surface area contributed by atoms with Gasteiger partial charge in [-0.1, -0.05) is 12.1 Å². The first-order chi connectivity index (χ1) is 16.7. The van der Waals surface area contributed by atoms with Crippen molar-refractivity contribution in [3.05, 3.63) is 54.0 Å². The van der Waals surface area contributed by atoms with Crippen LogP contribution in [0.1, 0.15) is 18.0 Å². The number of rotatable bonds is 6. The van der Waals surface area contributed by atoms with Gasteiger partial charge in [-0.25, -0.2) is 9.37 Å². The average molecular weight is 563 g/mol. The van der Waals surface area contributed by atoms with Crippen LogP contribution in [-0.4, -0.2) is 68.1 Å². The van der Waals surface area contributed by atoms with Gasteiger partial charge in [-0.3, -0.25) is 9.30 Å². The molecule has 3 N–H and O–H groups in total. The molecule has 1 fully saturated rings. The second kappa shape index (κ2) is 11.3. The summed E-state index contributed by atoms with van der Waals surface area (Å²) in [5.41, 5.74) is 6.89. The molecule has 0 saturated carbocycles. The Balaban J connectivity index is 0.00000190. The van der Waals surface area contributed by atoms with Crippen molar-refractivity contribution in [1.82, 2.24) is 24.5 Å². The smallest absolute Gasteiger partial charge is 0.408 e. The van der Waals surface area contributed by atoms with Crippen LogP contribution >= 0.6 is 24.8 Å². The molecule has 0 spiro atoms. The third-order valence-corrected chi connectivity index (χ3v) is 5.97. The molecule has 0 unspecified atom stereocenters. The monoisotopic (exact) mass is 562 g/mol. The van der Waals surface area contributed by atoms with Crippen molar-refractivity contribution in [1.29, 1.82) is 0 Å². The molecule has 37 heavy (non-hydrogen) atoms. The fraction of sp³-hybridized carbons (Fsp3) is 0.348. The fourth-order valence-corrected chi connectivity index (χ4v) is 4.46. The summed E-state index contributed by atoms with van der Waals surface area (Å²) in [6, 6.07) is 6.39. The highest BCUT2D eigenvalue weighted by molar-refractivity contribution is 5.86. The summed E-state index contributed by atoms with van der Waals surface area (Å²) < 4.78 is 63.1. The number of benzene rings is 1. The molecule has 0 radical (unpaired) electrons. The summed E-state index contributed by atoms with van der Waals surface area (Å²) in [6.45, 7) is 0.0761. The Labute approximate surface area is 221 Å². The highest BCUT2D eigenvalue weighted by atomic mass is 35.5. The summed E-state index contributed by atoms with van der Waals surface area (Å²) in [7, 11) is 0. The molecule has 1 aromatic carbocycles. The lowest BCUT2D eigenvalue weighted by molar-refractivity contribution is -0.183. The van der Waals surface area contributed by atoms with Crippen molar-refractivity contribution >= 4 is 41.4 Å². The second-order valence-electron chi connectivity index (χ2n) is 8.45. The number of aliphatic hydroxyl groups excluding tert-OH is 1. The van der Waals surface area contributed by atoms with Gasteiger partial charge in [0.1, 0.15) is 35.4 Å². The standard InChI is InChI=1S/C23H22F4N6O2.2ClH/c24-15-9-13-1-3-17(29-20(13)18(10-15)35-8-7-34)22-31-30-19-4-2-14(11-33(19)22)21(23(25,26)27)32-6-5-16(28)12-32;;/h1-4,9-11,16,21,34H,5-8,12,28H2;2*1H/t16-,21+;;/m0../s1. The van der Waals surface area contributed by atoms with E-state index in [0.717, 1.165) is 6.07 Å². The van der Waals surface area contributed by atoms with Crippen LogP contribution in [0.5, 0.6) is 5.75 Å². The Morgan fingerprint density at radius 1 is 1.14 bits per heavy atom. The largest absolute Gasteiger partial charge is 0.489 e. The summed E-state index contributed by atoms with van der Waals surface area (Å²) >= 11 is 0. The van der Waals surface area contributed by atoms with Crippen LogP contribution in [0.2, 0.25) is 0 Å². The number of fused-ring (bicyclic) bond motifs is 2. The zero-order chi connectivity index (χ0) is 24.7. The van der Waals surface area contributed by atoms with E-state index >= 15 is 0 Å². The molecule has 1 saturated heterocycles. The van der Waals surface area contributed by atoms with Crippen LogP contribution in [0, 0.1) is 5.82 Å². The second-order valence-corrected chi connectivity index (χ2v) is 8.45. The van der Waals surface area contributed by atoms with Crippen molar-refractivity contribution in [2.45, 2.75) is 24.7 Å². The Morgan fingerprint density at radius 2 is 1.92 bits per heavy atom. The Kier molecular flexibility index (Phi) is 8.81. The van der Waals surface area contributed by atoms with E-state index < -0.39 is 18.0 Å². The van der Waals surface area contributed by atoms with Gasteiger partial charge in [0.2, 0.25) is 0 Å². The number of nitrogens with two attached hydrogens (primary N) is 1. The average Bonchev–Trinajstić information content (AvgIpc) is 3.42. The zero-order valence-corrected chi connectivity index (χ0v) is 20.9. The van der Waals surface area contributed by atoms with Crippen LogP contribution < -0.4 is 10.5 Å².